The van der Waals surface area contributed by atoms with E-state index in [1.165, 1.54) is 5.56 Å². The molecule has 0 aliphatic carbocycles. The minimum Gasteiger partial charge on any atom is -0.364 e. The fourth-order valence-corrected chi connectivity index (χ4v) is 2.71. The summed E-state index contributed by atoms with van der Waals surface area (Å²) in [5, 5.41) is 10.6. The van der Waals surface area contributed by atoms with Gasteiger partial charge in [-0.15, -0.1) is 0 Å². The van der Waals surface area contributed by atoms with Crippen LogP contribution in [0.3, 0.4) is 0 Å². The Bertz CT molecular complexity index is 593. The van der Waals surface area contributed by atoms with E-state index < -0.39 is 0 Å². The van der Waals surface area contributed by atoms with Crippen LogP contribution in [-0.4, -0.2) is 42.7 Å². The number of rotatable bonds is 8. The monoisotopic (exact) mass is 329 g/mol. The molecule has 0 saturated carbocycles. The normalized spacial score (nSPS) is 13.1. The molecule has 24 heavy (non-hydrogen) atoms. The Labute approximate surface area is 143 Å². The van der Waals surface area contributed by atoms with Crippen LogP contribution in [0, 0.1) is 0 Å². The summed E-state index contributed by atoms with van der Waals surface area (Å²) in [6.45, 7) is 7.75. The topological polar surface area (TPSA) is 65.7 Å². The summed E-state index contributed by atoms with van der Waals surface area (Å²) >= 11 is 0. The summed E-state index contributed by atoms with van der Waals surface area (Å²) in [5.74, 6) is 0.756. The highest BCUT2D eigenvalue weighted by atomic mass is 16.5. The van der Waals surface area contributed by atoms with Gasteiger partial charge in [0, 0.05) is 19.7 Å². The van der Waals surface area contributed by atoms with Gasteiger partial charge in [-0.2, -0.15) is 0 Å². The zero-order valence-electron chi connectivity index (χ0n) is 14.7. The van der Waals surface area contributed by atoms with Gasteiger partial charge in [0.15, 0.2) is 5.96 Å². The van der Waals surface area contributed by atoms with Crippen LogP contribution in [0.5, 0.6) is 0 Å². The molecule has 1 unspecified atom stereocenters. The van der Waals surface area contributed by atoms with Gasteiger partial charge in [-0.25, -0.2) is 0 Å². The molecule has 0 bridgehead atoms. The Hall–Kier alpha value is -2.34. The lowest BCUT2D eigenvalue weighted by molar-refractivity contribution is 0.219. The van der Waals surface area contributed by atoms with Gasteiger partial charge in [0.2, 0.25) is 0 Å². The summed E-state index contributed by atoms with van der Waals surface area (Å²) in [5.41, 5.74) is 2.15. The Morgan fingerprint density at radius 3 is 2.50 bits per heavy atom. The second-order valence-electron chi connectivity index (χ2n) is 5.45. The van der Waals surface area contributed by atoms with Crippen molar-refractivity contribution >= 4 is 5.96 Å². The van der Waals surface area contributed by atoms with Crippen molar-refractivity contribution in [2.75, 3.05) is 26.7 Å². The van der Waals surface area contributed by atoms with E-state index >= 15 is 0 Å². The lowest BCUT2D eigenvalue weighted by atomic mass is 10.1. The number of aromatic nitrogens is 1. The highest BCUT2D eigenvalue weighted by molar-refractivity contribution is 5.79. The van der Waals surface area contributed by atoms with Crippen LogP contribution in [0.15, 0.2) is 52.2 Å². The van der Waals surface area contributed by atoms with E-state index in [1.54, 1.807) is 13.3 Å². The molecular formula is C18H27N5O. The summed E-state index contributed by atoms with van der Waals surface area (Å²) in [4.78, 5) is 6.72. The zero-order chi connectivity index (χ0) is 17.2. The van der Waals surface area contributed by atoms with E-state index in [0.29, 0.717) is 12.6 Å². The van der Waals surface area contributed by atoms with Crippen molar-refractivity contribution in [3.05, 3.63) is 53.9 Å². The third-order valence-electron chi connectivity index (χ3n) is 4.05. The number of nitrogens with zero attached hydrogens (tertiary/aromatic N) is 3. The van der Waals surface area contributed by atoms with Crippen molar-refractivity contribution in [2.45, 2.75) is 26.4 Å². The van der Waals surface area contributed by atoms with Crippen LogP contribution < -0.4 is 10.6 Å². The van der Waals surface area contributed by atoms with Crippen molar-refractivity contribution in [3.8, 4) is 0 Å². The largest absolute Gasteiger partial charge is 0.364 e. The molecule has 1 atom stereocenters. The summed E-state index contributed by atoms with van der Waals surface area (Å²) < 4.78 is 4.84. The number of hydrogen-bond donors (Lipinski definition) is 2. The molecule has 1 heterocycles. The van der Waals surface area contributed by atoms with Gasteiger partial charge in [-0.05, 0) is 18.7 Å². The second-order valence-corrected chi connectivity index (χ2v) is 5.45. The maximum atomic E-state index is 4.84. The van der Waals surface area contributed by atoms with Crippen molar-refractivity contribution in [2.24, 2.45) is 4.99 Å². The molecule has 2 aromatic rings. The Kier molecular flexibility index (Phi) is 7.29. The number of hydrogen-bond acceptors (Lipinski definition) is 4. The average Bonchev–Trinajstić information content (AvgIpc) is 3.15. The van der Waals surface area contributed by atoms with Crippen LogP contribution in [0.4, 0.5) is 0 Å². The maximum Gasteiger partial charge on any atom is 0.191 e. The molecule has 130 valence electrons. The minimum absolute atomic E-state index is 0.298. The van der Waals surface area contributed by atoms with Gasteiger partial charge in [0.25, 0.3) is 0 Å². The van der Waals surface area contributed by atoms with E-state index in [-0.39, 0.29) is 0 Å². The highest BCUT2D eigenvalue weighted by Gasteiger charge is 2.18. The minimum atomic E-state index is 0.298. The van der Waals surface area contributed by atoms with Crippen molar-refractivity contribution in [1.29, 1.82) is 0 Å². The third kappa shape index (κ3) is 5.09. The van der Waals surface area contributed by atoms with E-state index in [2.05, 4.69) is 69.9 Å². The standard InChI is InChI=1S/C18H27N5O/c1-4-23(5-2)17(15-9-7-6-8-10-15)14-21-18(19-3)20-13-16-11-12-24-22-16/h6-12,17H,4-5,13-14H2,1-3H3,(H2,19,20,21). The molecular weight excluding hydrogens is 302 g/mol. The van der Waals surface area contributed by atoms with Crippen LogP contribution in [0.25, 0.3) is 0 Å². The quantitative estimate of drug-likeness (QED) is 0.575. The van der Waals surface area contributed by atoms with Crippen LogP contribution in [0.2, 0.25) is 0 Å². The predicted molar refractivity (Wildman–Crippen MR) is 96.8 cm³/mol. The van der Waals surface area contributed by atoms with Crippen LogP contribution >= 0.6 is 0 Å². The first kappa shape index (κ1) is 18.0. The molecule has 1 aromatic heterocycles. The molecule has 0 aliphatic rings. The Morgan fingerprint density at radius 2 is 1.92 bits per heavy atom. The van der Waals surface area contributed by atoms with Crippen molar-refractivity contribution < 1.29 is 4.52 Å². The summed E-state index contributed by atoms with van der Waals surface area (Å²) in [6, 6.07) is 12.7. The van der Waals surface area contributed by atoms with Gasteiger partial charge in [-0.1, -0.05) is 49.3 Å². The molecule has 1 aromatic carbocycles. The Balaban J connectivity index is 1.97. The zero-order valence-corrected chi connectivity index (χ0v) is 14.7. The molecule has 6 nitrogen and oxygen atoms in total. The first-order chi connectivity index (χ1) is 11.8. The van der Waals surface area contributed by atoms with E-state index in [4.69, 9.17) is 4.52 Å². The van der Waals surface area contributed by atoms with Crippen molar-refractivity contribution in [3.63, 3.8) is 0 Å². The van der Waals surface area contributed by atoms with E-state index in [9.17, 15) is 0 Å². The fourth-order valence-electron chi connectivity index (χ4n) is 2.71. The highest BCUT2D eigenvalue weighted by Crippen LogP contribution is 2.19. The fraction of sp³-hybridized carbons (Fsp3) is 0.444. The molecule has 2 N–H and O–H groups in total. The molecule has 6 heteroatoms. The molecule has 0 saturated heterocycles. The SMILES string of the molecule is CCN(CC)C(CNC(=NC)NCc1ccon1)c1ccccc1. The van der Waals surface area contributed by atoms with Crippen LogP contribution in [0.1, 0.15) is 31.1 Å². The van der Waals surface area contributed by atoms with E-state index in [0.717, 1.165) is 31.3 Å². The van der Waals surface area contributed by atoms with Crippen LogP contribution in [-0.2, 0) is 6.54 Å². The number of likely N-dealkylation sites (N-methyl/N-ethyl adjacent to an activating group) is 1. The number of nitrogens with one attached hydrogen (secondary N) is 2. The second kappa shape index (κ2) is 9.72. The smallest absolute Gasteiger partial charge is 0.191 e. The molecule has 0 fully saturated rings. The predicted octanol–water partition coefficient (Wildman–Crippen LogP) is 2.42. The first-order valence-electron chi connectivity index (χ1n) is 8.41. The maximum absolute atomic E-state index is 4.84. The van der Waals surface area contributed by atoms with Crippen molar-refractivity contribution in [1.82, 2.24) is 20.7 Å². The van der Waals surface area contributed by atoms with Gasteiger partial charge >= 0.3 is 0 Å². The molecule has 2 rings (SSSR count). The molecule has 0 radical (unpaired) electrons. The summed E-state index contributed by atoms with van der Waals surface area (Å²) in [7, 11) is 1.77. The molecule has 0 aliphatic heterocycles. The van der Waals surface area contributed by atoms with Gasteiger partial charge in [0.05, 0.1) is 12.6 Å². The van der Waals surface area contributed by atoms with Gasteiger partial charge in [-0.3, -0.25) is 9.89 Å². The number of guanidine groups is 1. The van der Waals surface area contributed by atoms with Gasteiger partial charge in [0.1, 0.15) is 12.0 Å². The summed E-state index contributed by atoms with van der Waals surface area (Å²) in [6.07, 6.45) is 1.57. The lowest BCUT2D eigenvalue weighted by Crippen LogP contribution is -2.43. The number of benzene rings is 1. The van der Waals surface area contributed by atoms with Gasteiger partial charge < -0.3 is 15.2 Å². The average molecular weight is 329 g/mol. The van der Waals surface area contributed by atoms with E-state index in [1.807, 2.05) is 6.07 Å². The molecule has 0 amide bonds. The number of aliphatic imine (C=N–C) groups is 1. The first-order valence-corrected chi connectivity index (χ1v) is 8.41. The molecule has 0 spiro atoms. The third-order valence-corrected chi connectivity index (χ3v) is 4.05. The lowest BCUT2D eigenvalue weighted by Gasteiger charge is -2.30. The Morgan fingerprint density at radius 1 is 1.17 bits per heavy atom.